The van der Waals surface area contributed by atoms with E-state index in [0.29, 0.717) is 32.7 Å². The van der Waals surface area contributed by atoms with Crippen molar-refractivity contribution >= 4 is 33.1 Å². The van der Waals surface area contributed by atoms with E-state index in [0.717, 1.165) is 37.5 Å². The molecule has 1 spiro atoms. The Hall–Kier alpha value is -2.18. The van der Waals surface area contributed by atoms with E-state index in [9.17, 15) is 21.6 Å². The summed E-state index contributed by atoms with van der Waals surface area (Å²) in [6.07, 6.45) is 0.324. The number of aromatic nitrogens is 1. The van der Waals surface area contributed by atoms with Crippen LogP contribution >= 0.6 is 11.6 Å². The smallest absolute Gasteiger partial charge is 0.268 e. The molecule has 2 atom stereocenters. The fourth-order valence-corrected chi connectivity index (χ4v) is 7.08. The third-order valence-corrected chi connectivity index (χ3v) is 9.47. The van der Waals surface area contributed by atoms with Gasteiger partial charge in [0.25, 0.3) is 10.0 Å². The summed E-state index contributed by atoms with van der Waals surface area (Å²) in [4.78, 5) is 5.84. The Morgan fingerprint density at radius 2 is 1.94 bits per heavy atom. The zero-order valence-electron chi connectivity index (χ0n) is 19.0. The molecule has 6 nitrogen and oxygen atoms in total. The minimum atomic E-state index is -4.79. The third kappa shape index (κ3) is 4.51. The zero-order chi connectivity index (χ0) is 25.8. The van der Waals surface area contributed by atoms with Gasteiger partial charge < -0.3 is 9.80 Å². The Morgan fingerprint density at radius 1 is 1.19 bits per heavy atom. The van der Waals surface area contributed by atoms with E-state index in [1.165, 1.54) is 6.07 Å². The number of halogens is 6. The second-order valence-corrected chi connectivity index (χ2v) is 11.9. The largest absolute Gasteiger partial charge is 0.370 e. The van der Waals surface area contributed by atoms with Crippen molar-refractivity contribution in [1.82, 2.24) is 9.88 Å². The van der Waals surface area contributed by atoms with Crippen molar-refractivity contribution in [2.24, 2.45) is 17.3 Å². The lowest BCUT2D eigenvalue weighted by Crippen LogP contribution is -2.56. The van der Waals surface area contributed by atoms with Crippen LogP contribution in [-0.4, -0.2) is 57.5 Å². The van der Waals surface area contributed by atoms with Crippen LogP contribution in [-0.2, 0) is 10.0 Å². The number of hydrogen-bond donors (Lipinski definition) is 1. The number of benzene rings is 1. The Bertz CT molecular complexity index is 1280. The van der Waals surface area contributed by atoms with Crippen LogP contribution in [0.4, 0.5) is 33.5 Å². The minimum absolute atomic E-state index is 0.0544. The topological polar surface area (TPSA) is 65.5 Å². The summed E-state index contributed by atoms with van der Waals surface area (Å²) >= 11 is 6.21. The van der Waals surface area contributed by atoms with Gasteiger partial charge in [0.05, 0.1) is 5.69 Å². The molecular weight excluding hydrogens is 527 g/mol. The number of sulfonamides is 1. The third-order valence-electron chi connectivity index (χ3n) is 7.72. The number of pyridine rings is 1. The average Bonchev–Trinajstić information content (AvgIpc) is 3.21. The molecule has 3 heterocycles. The first kappa shape index (κ1) is 25.5. The Morgan fingerprint density at radius 3 is 2.58 bits per heavy atom. The van der Waals surface area contributed by atoms with E-state index in [-0.39, 0.29) is 17.0 Å². The van der Waals surface area contributed by atoms with Crippen LogP contribution in [0, 0.1) is 34.8 Å². The summed E-state index contributed by atoms with van der Waals surface area (Å²) in [6, 6.07) is 4.22. The number of hydrogen-bond acceptors (Lipinski definition) is 5. The molecule has 1 aliphatic carbocycles. The number of nitrogens with one attached hydrogen (secondary N) is 1. The Kier molecular flexibility index (Phi) is 6.57. The molecule has 1 N–H and O–H groups in total. The van der Waals surface area contributed by atoms with Crippen LogP contribution < -0.4 is 9.62 Å². The first-order valence-corrected chi connectivity index (χ1v) is 13.4. The molecule has 36 heavy (non-hydrogen) atoms. The second kappa shape index (κ2) is 9.29. The number of rotatable bonds is 7. The number of nitrogens with zero attached hydrogens (tertiary/aromatic N) is 3. The van der Waals surface area contributed by atoms with Gasteiger partial charge in [0.15, 0.2) is 10.7 Å². The van der Waals surface area contributed by atoms with Gasteiger partial charge in [0, 0.05) is 44.7 Å². The average molecular weight is 551 g/mol. The van der Waals surface area contributed by atoms with Crippen LogP contribution in [0.1, 0.15) is 19.3 Å². The molecule has 2 saturated heterocycles. The first-order valence-electron chi connectivity index (χ1n) is 11.6. The molecule has 5 rings (SSSR count). The molecule has 196 valence electrons. The van der Waals surface area contributed by atoms with Crippen LogP contribution in [0.15, 0.2) is 29.2 Å². The standard InChI is InChI=1S/C23H24ClF5N4O2S/c24-19-16(8-15(25)21(20(19)27)36(34,35)31-18-3-1-2-17(26)30-18)33-7-6-23(12-33)5-4-14(23)11-32-9-13(10-32)22(28)29/h1-3,8,13-14,22H,4-7,9-12H2,(H,30,31)/t14-,23-/m0/s1. The fraction of sp³-hybridized carbons (Fsp3) is 0.522. The van der Waals surface area contributed by atoms with Gasteiger partial charge in [-0.25, -0.2) is 31.0 Å². The maximum Gasteiger partial charge on any atom is 0.268 e. The van der Waals surface area contributed by atoms with Crippen molar-refractivity contribution in [2.75, 3.05) is 42.3 Å². The predicted molar refractivity (Wildman–Crippen MR) is 124 cm³/mol. The normalized spacial score (nSPS) is 24.9. The summed E-state index contributed by atoms with van der Waals surface area (Å²) in [5.74, 6) is -4.47. The summed E-state index contributed by atoms with van der Waals surface area (Å²) < 4.78 is 96.2. The van der Waals surface area contributed by atoms with E-state index in [1.807, 2.05) is 9.62 Å². The molecule has 2 aliphatic heterocycles. The van der Waals surface area contributed by atoms with E-state index < -0.39 is 55.7 Å². The maximum atomic E-state index is 15.2. The minimum Gasteiger partial charge on any atom is -0.370 e. The van der Waals surface area contributed by atoms with Crippen molar-refractivity contribution in [3.05, 3.63) is 46.9 Å². The molecule has 0 radical (unpaired) electrons. The lowest BCUT2D eigenvalue weighted by atomic mass is 9.59. The zero-order valence-corrected chi connectivity index (χ0v) is 20.6. The second-order valence-electron chi connectivity index (χ2n) is 9.87. The van der Waals surface area contributed by atoms with Crippen LogP contribution in [0.2, 0.25) is 5.02 Å². The van der Waals surface area contributed by atoms with Crippen LogP contribution in [0.3, 0.4) is 0 Å². The van der Waals surface area contributed by atoms with Crippen molar-refractivity contribution in [3.8, 4) is 0 Å². The molecule has 1 aromatic carbocycles. The molecule has 3 aliphatic rings. The van der Waals surface area contributed by atoms with Gasteiger partial charge in [-0.3, -0.25) is 4.72 Å². The molecule has 13 heteroatoms. The van der Waals surface area contributed by atoms with Gasteiger partial charge in [-0.15, -0.1) is 0 Å². The van der Waals surface area contributed by atoms with Gasteiger partial charge in [-0.1, -0.05) is 17.7 Å². The summed E-state index contributed by atoms with van der Waals surface area (Å²) in [5, 5.41) is -0.528. The van der Waals surface area contributed by atoms with Gasteiger partial charge in [-0.2, -0.15) is 4.39 Å². The predicted octanol–water partition coefficient (Wildman–Crippen LogP) is 4.76. The van der Waals surface area contributed by atoms with E-state index >= 15 is 8.78 Å². The molecular formula is C23H24ClF5N4O2S. The van der Waals surface area contributed by atoms with E-state index in [1.54, 1.807) is 4.90 Å². The summed E-state index contributed by atoms with van der Waals surface area (Å²) in [5.41, 5.74) is -0.0413. The van der Waals surface area contributed by atoms with Crippen molar-refractivity contribution in [2.45, 2.75) is 30.6 Å². The molecule has 0 bridgehead atoms. The van der Waals surface area contributed by atoms with E-state index in [2.05, 4.69) is 4.98 Å². The Labute approximate surface area is 210 Å². The summed E-state index contributed by atoms with van der Waals surface area (Å²) in [6.45, 7) is 2.44. The molecule has 0 amide bonds. The highest BCUT2D eigenvalue weighted by molar-refractivity contribution is 7.92. The van der Waals surface area contributed by atoms with Gasteiger partial charge in [-0.05, 0) is 42.7 Å². The fourth-order valence-electron chi connectivity index (χ4n) is 5.61. The van der Waals surface area contributed by atoms with E-state index in [4.69, 9.17) is 11.6 Å². The molecule has 3 fully saturated rings. The first-order chi connectivity index (χ1) is 17.0. The van der Waals surface area contributed by atoms with Gasteiger partial charge >= 0.3 is 0 Å². The SMILES string of the molecule is O=S(=O)(Nc1cccc(F)n1)c1c(F)cc(N2CC[C@@]3(CC[C@H]3CN3CC(C(F)F)C3)C2)c(Cl)c1F. The van der Waals surface area contributed by atoms with Crippen molar-refractivity contribution in [1.29, 1.82) is 0 Å². The van der Waals surface area contributed by atoms with Crippen LogP contribution in [0.5, 0.6) is 0 Å². The number of alkyl halides is 2. The maximum absolute atomic E-state index is 15.2. The highest BCUT2D eigenvalue weighted by Gasteiger charge is 2.52. The van der Waals surface area contributed by atoms with Crippen molar-refractivity contribution < 1.29 is 30.4 Å². The van der Waals surface area contributed by atoms with Gasteiger partial charge in [0.2, 0.25) is 12.4 Å². The van der Waals surface area contributed by atoms with Crippen molar-refractivity contribution in [3.63, 3.8) is 0 Å². The number of likely N-dealkylation sites (tertiary alicyclic amines) is 1. The van der Waals surface area contributed by atoms with Crippen LogP contribution in [0.25, 0.3) is 0 Å². The molecule has 1 aromatic heterocycles. The lowest BCUT2D eigenvalue weighted by molar-refractivity contribution is -0.0588. The highest BCUT2D eigenvalue weighted by Crippen LogP contribution is 2.55. The highest BCUT2D eigenvalue weighted by atomic mass is 35.5. The number of anilines is 2. The molecule has 2 aromatic rings. The lowest BCUT2D eigenvalue weighted by Gasteiger charge is -2.51. The quantitative estimate of drug-likeness (QED) is 0.306. The molecule has 1 saturated carbocycles. The monoisotopic (exact) mass is 550 g/mol. The molecule has 0 unspecified atom stereocenters. The summed E-state index contributed by atoms with van der Waals surface area (Å²) in [7, 11) is -4.79. The Balaban J connectivity index is 1.32. The van der Waals surface area contributed by atoms with Gasteiger partial charge in [0.1, 0.15) is 16.7 Å².